The Morgan fingerprint density at radius 1 is 0.500 bits per heavy atom. The number of hydrogen-bond acceptors (Lipinski definition) is 4. The lowest BCUT2D eigenvalue weighted by molar-refractivity contribution is 0.00578. The van der Waals surface area contributed by atoms with E-state index in [0.717, 1.165) is 10.9 Å². The molecule has 2 aliphatic heterocycles. The van der Waals surface area contributed by atoms with Crippen molar-refractivity contribution in [3.05, 3.63) is 47.5 Å². The molecule has 6 heteroatoms. The highest BCUT2D eigenvalue weighted by molar-refractivity contribution is 6.63. The van der Waals surface area contributed by atoms with Crippen LogP contribution in [0.2, 0.25) is 0 Å². The number of benzene rings is 3. The van der Waals surface area contributed by atoms with E-state index < -0.39 is 0 Å². The van der Waals surface area contributed by atoms with Crippen molar-refractivity contribution >= 4 is 46.7 Å². The molecule has 0 unspecified atom stereocenters. The molecule has 0 saturated carbocycles. The van der Waals surface area contributed by atoms with Crippen LogP contribution < -0.4 is 10.9 Å². The quantitative estimate of drug-likeness (QED) is 0.317. The first kappa shape index (κ1) is 27.2. The number of rotatable bonds is 2. The van der Waals surface area contributed by atoms with E-state index in [4.69, 9.17) is 18.6 Å². The molecular weight excluding hydrogens is 446 g/mol. The van der Waals surface area contributed by atoms with Crippen LogP contribution in [-0.2, 0) is 18.6 Å². The van der Waals surface area contributed by atoms with E-state index in [-0.39, 0.29) is 36.6 Å². The van der Waals surface area contributed by atoms with Crippen LogP contribution in [0.25, 0.3) is 21.5 Å². The highest BCUT2D eigenvalue weighted by atomic mass is 16.7. The lowest BCUT2D eigenvalue weighted by atomic mass is 9.75. The second-order valence-corrected chi connectivity index (χ2v) is 12.1. The molecule has 2 aliphatic rings. The minimum Gasteiger partial charge on any atom is -0.399 e. The van der Waals surface area contributed by atoms with Crippen molar-refractivity contribution in [3.8, 4) is 0 Å². The van der Waals surface area contributed by atoms with Crippen LogP contribution >= 0.6 is 0 Å². The Labute approximate surface area is 218 Å². The topological polar surface area (TPSA) is 36.9 Å². The highest BCUT2D eigenvalue weighted by Gasteiger charge is 2.52. The number of aryl methyl sites for hydroxylation is 2. The van der Waals surface area contributed by atoms with Gasteiger partial charge in [-0.3, -0.25) is 0 Å². The summed E-state index contributed by atoms with van der Waals surface area (Å²) in [6.07, 6.45) is 0. The lowest BCUT2D eigenvalue weighted by Gasteiger charge is -2.32. The Morgan fingerprint density at radius 2 is 0.778 bits per heavy atom. The number of hydrogen-bond donors (Lipinski definition) is 0. The van der Waals surface area contributed by atoms with Gasteiger partial charge in [0.1, 0.15) is 0 Å². The molecule has 0 amide bonds. The molecule has 0 aliphatic carbocycles. The zero-order chi connectivity index (χ0) is 26.8. The summed E-state index contributed by atoms with van der Waals surface area (Å²) in [4.78, 5) is 0. The SMILES string of the molecule is CC.Cc1cc(B2OC(C)(C)C(C)(C)O2)cc2ccc3cc(B4OC(C)(C)C(C)(C)O4)cc(C)c3c12. The molecule has 0 atom stereocenters. The number of fused-ring (bicyclic) bond motifs is 3. The normalized spacial score (nSPS) is 21.7. The fourth-order valence-electron chi connectivity index (χ4n) is 5.04. The predicted octanol–water partition coefficient (Wildman–Crippen LogP) is 6.23. The predicted molar refractivity (Wildman–Crippen MR) is 154 cm³/mol. The van der Waals surface area contributed by atoms with Crippen LogP contribution in [0, 0.1) is 13.8 Å². The average molecular weight is 488 g/mol. The molecule has 2 fully saturated rings. The van der Waals surface area contributed by atoms with Crippen molar-refractivity contribution in [2.24, 2.45) is 0 Å². The molecule has 2 saturated heterocycles. The van der Waals surface area contributed by atoms with Crippen LogP contribution in [0.5, 0.6) is 0 Å². The van der Waals surface area contributed by atoms with Crippen molar-refractivity contribution in [3.63, 3.8) is 0 Å². The average Bonchev–Trinajstić information content (AvgIpc) is 3.14. The first-order valence-corrected chi connectivity index (χ1v) is 13.3. The van der Waals surface area contributed by atoms with Gasteiger partial charge >= 0.3 is 14.2 Å². The van der Waals surface area contributed by atoms with Crippen LogP contribution in [-0.4, -0.2) is 36.6 Å². The molecule has 0 N–H and O–H groups in total. The maximum atomic E-state index is 6.32. The fourth-order valence-corrected chi connectivity index (χ4v) is 5.04. The minimum absolute atomic E-state index is 0.357. The van der Waals surface area contributed by atoms with E-state index >= 15 is 0 Å². The molecule has 0 radical (unpaired) electrons. The maximum absolute atomic E-state index is 6.32. The molecule has 36 heavy (non-hydrogen) atoms. The summed E-state index contributed by atoms with van der Waals surface area (Å²) >= 11 is 0. The van der Waals surface area contributed by atoms with Crippen molar-refractivity contribution in [1.29, 1.82) is 0 Å². The van der Waals surface area contributed by atoms with Gasteiger partial charge in [-0.05, 0) is 113 Å². The Balaban J connectivity index is 0.00000148. The molecule has 2 heterocycles. The van der Waals surface area contributed by atoms with Gasteiger partial charge < -0.3 is 18.6 Å². The first-order chi connectivity index (χ1) is 16.6. The van der Waals surface area contributed by atoms with Gasteiger partial charge in [-0.25, -0.2) is 0 Å². The standard InChI is InChI=1S/C28H36B2O4.C2H6/c1-17-13-21(29-31-25(3,4)26(5,6)32-29)15-19-11-12-20-16-22(14-18(2)24(20)23(17)19)30-33-27(7,8)28(9,10)34-30;1-2/h11-16H,1-10H3;1-2H3. The third-order valence-electron chi connectivity index (χ3n) is 8.52. The summed E-state index contributed by atoms with van der Waals surface area (Å²) in [5.41, 5.74) is 3.14. The summed E-state index contributed by atoms with van der Waals surface area (Å²) < 4.78 is 25.3. The van der Waals surface area contributed by atoms with Crippen LogP contribution in [0.15, 0.2) is 36.4 Å². The third kappa shape index (κ3) is 4.30. The zero-order valence-corrected chi connectivity index (χ0v) is 24.3. The van der Waals surface area contributed by atoms with Gasteiger partial charge in [-0.15, -0.1) is 0 Å². The largest absolute Gasteiger partial charge is 0.494 e. The smallest absolute Gasteiger partial charge is 0.399 e. The van der Waals surface area contributed by atoms with Crippen LogP contribution in [0.1, 0.15) is 80.4 Å². The molecule has 192 valence electrons. The van der Waals surface area contributed by atoms with Gasteiger partial charge in [0.05, 0.1) is 22.4 Å². The highest BCUT2D eigenvalue weighted by Crippen LogP contribution is 2.39. The summed E-state index contributed by atoms with van der Waals surface area (Å²) in [5, 5.41) is 4.94. The van der Waals surface area contributed by atoms with Crippen molar-refractivity contribution in [2.45, 2.75) is 105 Å². The Morgan fingerprint density at radius 3 is 1.06 bits per heavy atom. The van der Waals surface area contributed by atoms with E-state index in [1.54, 1.807) is 0 Å². The summed E-state index contributed by atoms with van der Waals surface area (Å²) in [6, 6.07) is 13.3. The van der Waals surface area contributed by atoms with Gasteiger partial charge in [0.2, 0.25) is 0 Å². The molecule has 4 nitrogen and oxygen atoms in total. The molecule has 3 aromatic rings. The second kappa shape index (κ2) is 8.87. The Hall–Kier alpha value is -1.85. The van der Waals surface area contributed by atoms with Gasteiger partial charge in [0.15, 0.2) is 0 Å². The van der Waals surface area contributed by atoms with Crippen molar-refractivity contribution < 1.29 is 18.6 Å². The molecular formula is C30H42B2O4. The molecule has 5 rings (SSSR count). The maximum Gasteiger partial charge on any atom is 0.494 e. The fraction of sp³-hybridized carbons (Fsp3) is 0.533. The van der Waals surface area contributed by atoms with E-state index in [2.05, 4.69) is 106 Å². The van der Waals surface area contributed by atoms with Crippen LogP contribution in [0.3, 0.4) is 0 Å². The summed E-state index contributed by atoms with van der Waals surface area (Å²) in [5.74, 6) is 0. The van der Waals surface area contributed by atoms with E-state index in [0.29, 0.717) is 0 Å². The third-order valence-corrected chi connectivity index (χ3v) is 8.52. The Kier molecular flexibility index (Phi) is 6.70. The molecule has 3 aromatic carbocycles. The van der Waals surface area contributed by atoms with Crippen molar-refractivity contribution in [1.82, 2.24) is 0 Å². The van der Waals surface area contributed by atoms with E-state index in [1.807, 2.05) is 13.8 Å². The Bertz CT molecular complexity index is 1180. The van der Waals surface area contributed by atoms with Gasteiger partial charge in [-0.2, -0.15) is 0 Å². The van der Waals surface area contributed by atoms with E-state index in [9.17, 15) is 0 Å². The summed E-state index contributed by atoms with van der Waals surface area (Å²) in [6.45, 7) is 25.1. The molecule has 0 spiro atoms. The molecule has 0 aromatic heterocycles. The second-order valence-electron chi connectivity index (χ2n) is 12.1. The minimum atomic E-state index is -0.365. The van der Waals surface area contributed by atoms with Gasteiger partial charge in [0.25, 0.3) is 0 Å². The lowest BCUT2D eigenvalue weighted by Crippen LogP contribution is -2.41. The van der Waals surface area contributed by atoms with Gasteiger partial charge in [-0.1, -0.05) is 50.2 Å². The monoisotopic (exact) mass is 488 g/mol. The first-order valence-electron chi connectivity index (χ1n) is 13.3. The van der Waals surface area contributed by atoms with Gasteiger partial charge in [0, 0.05) is 0 Å². The van der Waals surface area contributed by atoms with Crippen molar-refractivity contribution in [2.75, 3.05) is 0 Å². The zero-order valence-electron chi connectivity index (χ0n) is 24.3. The summed E-state index contributed by atoms with van der Waals surface area (Å²) in [7, 11) is -0.730. The van der Waals surface area contributed by atoms with E-state index in [1.165, 1.54) is 32.7 Å². The van der Waals surface area contributed by atoms with Crippen LogP contribution in [0.4, 0.5) is 0 Å². The molecule has 0 bridgehead atoms.